The summed E-state index contributed by atoms with van der Waals surface area (Å²) in [5.74, 6) is 1.04. The van der Waals surface area contributed by atoms with E-state index in [0.29, 0.717) is 36.5 Å². The van der Waals surface area contributed by atoms with Crippen molar-refractivity contribution in [2.24, 2.45) is 11.8 Å². The summed E-state index contributed by atoms with van der Waals surface area (Å²) in [4.78, 5) is 0. The van der Waals surface area contributed by atoms with Gasteiger partial charge in [0.05, 0.1) is 13.2 Å². The molecule has 77 heavy (non-hydrogen) atoms. The monoisotopic (exact) mass is 1040 g/mol. The fourth-order valence-electron chi connectivity index (χ4n) is 11.6. The molecule has 0 amide bonds. The molecular weight excluding hydrogens is 947 g/mol. The summed E-state index contributed by atoms with van der Waals surface area (Å²) in [6, 6.07) is 42.5. The summed E-state index contributed by atoms with van der Waals surface area (Å²) < 4.78 is 42.9. The minimum absolute atomic E-state index is 0.109. The average molecular weight is 1040 g/mol. The van der Waals surface area contributed by atoms with Gasteiger partial charge in [0.15, 0.2) is 23.1 Å². The number of fused-ring (bicyclic) bond motifs is 3. The van der Waals surface area contributed by atoms with Crippen molar-refractivity contribution in [1.82, 2.24) is 0 Å². The van der Waals surface area contributed by atoms with Crippen LogP contribution in [0.4, 0.5) is 8.78 Å². The SMILES string of the molecule is CCCCCCCCC1(CCCCCCCC)c2cc(-c3ccc(-c4ccc(OCC[C@@H](C)CCC=C(C)C)c(F)c4)cc3)ccc2-c2ccc(-c3ccc(-c4ccc(OCC[C@@H](C)CCC=C(C)C)c(F)c4)cc3)cc21. The molecule has 0 fully saturated rings. The van der Waals surface area contributed by atoms with E-state index in [1.165, 1.54) is 133 Å². The summed E-state index contributed by atoms with van der Waals surface area (Å²) in [5, 5.41) is 0. The third kappa shape index (κ3) is 16.6. The van der Waals surface area contributed by atoms with Crippen molar-refractivity contribution in [3.63, 3.8) is 0 Å². The Hall–Kier alpha value is -5.74. The molecule has 0 saturated heterocycles. The molecule has 0 saturated carbocycles. The second-order valence-electron chi connectivity index (χ2n) is 23.3. The number of benzene rings is 6. The van der Waals surface area contributed by atoms with Crippen molar-refractivity contribution in [3.05, 3.63) is 167 Å². The lowest BCUT2D eigenvalue weighted by atomic mass is 9.70. The van der Waals surface area contributed by atoms with E-state index in [1.807, 2.05) is 12.1 Å². The van der Waals surface area contributed by atoms with Gasteiger partial charge in [0, 0.05) is 5.41 Å². The quantitative estimate of drug-likeness (QED) is 0.0310. The lowest BCUT2D eigenvalue weighted by molar-refractivity contribution is 0.268. The van der Waals surface area contributed by atoms with Crippen LogP contribution in [0.3, 0.4) is 0 Å². The highest BCUT2D eigenvalue weighted by Crippen LogP contribution is 2.56. The van der Waals surface area contributed by atoms with Gasteiger partial charge in [0.2, 0.25) is 0 Å². The van der Waals surface area contributed by atoms with E-state index in [9.17, 15) is 0 Å². The zero-order chi connectivity index (χ0) is 54.6. The highest BCUT2D eigenvalue weighted by molar-refractivity contribution is 5.86. The molecule has 0 radical (unpaired) electrons. The molecule has 2 atom stereocenters. The van der Waals surface area contributed by atoms with E-state index in [2.05, 4.69) is 152 Å². The van der Waals surface area contributed by atoms with Crippen LogP contribution in [-0.2, 0) is 5.41 Å². The normalized spacial score (nSPS) is 13.2. The van der Waals surface area contributed by atoms with Gasteiger partial charge in [-0.2, -0.15) is 0 Å². The predicted molar refractivity (Wildman–Crippen MR) is 326 cm³/mol. The second kappa shape index (κ2) is 29.8. The maximum Gasteiger partial charge on any atom is 0.165 e. The summed E-state index contributed by atoms with van der Waals surface area (Å²) in [6.45, 7) is 18.6. The van der Waals surface area contributed by atoms with Crippen molar-refractivity contribution >= 4 is 0 Å². The molecule has 1 aliphatic carbocycles. The third-order valence-electron chi connectivity index (χ3n) is 16.4. The lowest BCUT2D eigenvalue weighted by Gasteiger charge is -2.33. The van der Waals surface area contributed by atoms with Crippen LogP contribution < -0.4 is 9.47 Å². The molecule has 0 bridgehead atoms. The molecule has 0 spiro atoms. The van der Waals surface area contributed by atoms with Gasteiger partial charge in [-0.25, -0.2) is 8.78 Å². The Labute approximate surface area is 464 Å². The van der Waals surface area contributed by atoms with Crippen LogP contribution in [0.2, 0.25) is 0 Å². The molecule has 410 valence electrons. The number of unbranched alkanes of at least 4 members (excludes halogenated alkanes) is 10. The Kier molecular flexibility index (Phi) is 22.8. The molecule has 7 rings (SSSR count). The van der Waals surface area contributed by atoms with Crippen LogP contribution in [0.15, 0.2) is 145 Å². The number of hydrogen-bond donors (Lipinski definition) is 0. The molecule has 1 aliphatic rings. The fourth-order valence-corrected chi connectivity index (χ4v) is 11.6. The largest absolute Gasteiger partial charge is 0.491 e. The molecule has 0 aliphatic heterocycles. The van der Waals surface area contributed by atoms with E-state index in [1.54, 1.807) is 24.3 Å². The van der Waals surface area contributed by atoms with E-state index < -0.39 is 0 Å². The number of allylic oxidation sites excluding steroid dienone is 4. The van der Waals surface area contributed by atoms with Gasteiger partial charge in [-0.1, -0.05) is 213 Å². The Bertz CT molecular complexity index is 2630. The third-order valence-corrected chi connectivity index (χ3v) is 16.4. The smallest absolute Gasteiger partial charge is 0.165 e. The van der Waals surface area contributed by atoms with Crippen LogP contribution in [0, 0.1) is 23.5 Å². The number of ether oxygens (including phenoxy) is 2. The number of halogens is 2. The maximum atomic E-state index is 15.5. The number of rotatable bonds is 32. The van der Waals surface area contributed by atoms with Crippen molar-refractivity contribution in [1.29, 1.82) is 0 Å². The molecule has 2 nitrogen and oxygen atoms in total. The van der Waals surface area contributed by atoms with Gasteiger partial charge in [0.25, 0.3) is 0 Å². The van der Waals surface area contributed by atoms with Gasteiger partial charge in [0.1, 0.15) is 0 Å². The van der Waals surface area contributed by atoms with Gasteiger partial charge >= 0.3 is 0 Å². The first kappa shape index (κ1) is 58.9. The summed E-state index contributed by atoms with van der Waals surface area (Å²) in [6.07, 6.45) is 28.2. The van der Waals surface area contributed by atoms with Gasteiger partial charge in [-0.15, -0.1) is 0 Å². The fraction of sp³-hybridized carbons (Fsp3) is 0.452. The molecule has 6 aromatic rings. The average Bonchev–Trinajstić information content (AvgIpc) is 3.92. The van der Waals surface area contributed by atoms with E-state index in [4.69, 9.17) is 9.47 Å². The highest BCUT2D eigenvalue weighted by Gasteiger charge is 2.42. The molecule has 0 heterocycles. The first-order valence-corrected chi connectivity index (χ1v) is 30.0. The molecule has 0 unspecified atom stereocenters. The maximum absolute atomic E-state index is 15.5. The predicted octanol–water partition coefficient (Wildman–Crippen LogP) is 22.7. The van der Waals surface area contributed by atoms with Crippen molar-refractivity contribution in [2.75, 3.05) is 13.2 Å². The van der Waals surface area contributed by atoms with E-state index in [-0.39, 0.29) is 17.0 Å². The summed E-state index contributed by atoms with van der Waals surface area (Å²) >= 11 is 0. The summed E-state index contributed by atoms with van der Waals surface area (Å²) in [5.41, 5.74) is 16.7. The van der Waals surface area contributed by atoms with Crippen LogP contribution >= 0.6 is 0 Å². The standard InChI is InChI=1S/C73H92F2O2/c1-9-11-13-15-17-19-45-73(46-20-18-16-14-12-10-2)67-49-61(57-27-31-59(32-28-57)63-37-41-71(69(74)51-63)76-47-43-55(7)25-21-23-53(3)4)35-39-65(67)66-40-36-62(50-68(66)73)58-29-33-60(34-30-58)64-38-42-72(70(75)52-64)77-48-44-56(8)26-22-24-54(5)6/h23-24,27-42,49-52,55-56H,9-22,25-26,43-48H2,1-8H3/t55-,56-/m0/s1. The Morgan fingerprint density at radius 3 is 1.09 bits per heavy atom. The van der Waals surface area contributed by atoms with Crippen LogP contribution in [-0.4, -0.2) is 13.2 Å². The van der Waals surface area contributed by atoms with Crippen molar-refractivity contribution < 1.29 is 18.3 Å². The zero-order valence-electron chi connectivity index (χ0n) is 48.5. The summed E-state index contributed by atoms with van der Waals surface area (Å²) in [7, 11) is 0. The topological polar surface area (TPSA) is 18.5 Å². The first-order valence-electron chi connectivity index (χ1n) is 30.0. The lowest BCUT2D eigenvalue weighted by Crippen LogP contribution is -2.25. The molecule has 6 aromatic carbocycles. The molecule has 0 aromatic heterocycles. The molecule has 0 N–H and O–H groups in total. The van der Waals surface area contributed by atoms with Crippen LogP contribution in [0.1, 0.15) is 195 Å². The first-order chi connectivity index (χ1) is 37.4. The van der Waals surface area contributed by atoms with Crippen molar-refractivity contribution in [3.8, 4) is 67.1 Å². The Balaban J connectivity index is 1.12. The van der Waals surface area contributed by atoms with E-state index in [0.717, 1.165) is 73.6 Å². The van der Waals surface area contributed by atoms with Crippen molar-refractivity contribution in [2.45, 2.75) is 189 Å². The zero-order valence-corrected chi connectivity index (χ0v) is 48.5. The Morgan fingerprint density at radius 2 is 0.740 bits per heavy atom. The second-order valence-corrected chi connectivity index (χ2v) is 23.3. The van der Waals surface area contributed by atoms with Gasteiger partial charge < -0.3 is 9.47 Å². The van der Waals surface area contributed by atoms with Crippen LogP contribution in [0.25, 0.3) is 55.6 Å². The van der Waals surface area contributed by atoms with Crippen LogP contribution in [0.5, 0.6) is 11.5 Å². The van der Waals surface area contributed by atoms with Gasteiger partial charge in [-0.05, 0) is 194 Å². The minimum Gasteiger partial charge on any atom is -0.491 e. The highest BCUT2D eigenvalue weighted by atomic mass is 19.1. The molecule has 4 heteroatoms. The minimum atomic E-state index is -0.319. The molecular formula is C73H92F2O2. The number of hydrogen-bond acceptors (Lipinski definition) is 2. The Morgan fingerprint density at radius 1 is 0.416 bits per heavy atom. The van der Waals surface area contributed by atoms with Gasteiger partial charge in [-0.3, -0.25) is 0 Å². The van der Waals surface area contributed by atoms with E-state index >= 15 is 8.78 Å².